The van der Waals surface area contributed by atoms with Gasteiger partial charge in [0.2, 0.25) is 5.91 Å². The Morgan fingerprint density at radius 3 is 2.48 bits per heavy atom. The highest BCUT2D eigenvalue weighted by Gasteiger charge is 2.29. The first kappa shape index (κ1) is 16.0. The summed E-state index contributed by atoms with van der Waals surface area (Å²) in [4.78, 5) is 12.7. The van der Waals surface area contributed by atoms with Gasteiger partial charge in [-0.15, -0.1) is 11.3 Å². The summed E-state index contributed by atoms with van der Waals surface area (Å²) in [5.41, 5.74) is 0.635. The fourth-order valence-corrected chi connectivity index (χ4v) is 4.22. The Labute approximate surface area is 139 Å². The molecule has 122 valence electrons. The van der Waals surface area contributed by atoms with Gasteiger partial charge in [0.25, 0.3) is 0 Å². The van der Waals surface area contributed by atoms with E-state index in [1.807, 2.05) is 6.92 Å². The predicted octanol–water partition coefficient (Wildman–Crippen LogP) is 3.43. The minimum atomic E-state index is -3.81. The number of carbonyl (C=O) groups is 1. The third-order valence-corrected chi connectivity index (χ3v) is 6.44. The van der Waals surface area contributed by atoms with Gasteiger partial charge in [0.05, 0.1) is 0 Å². The average Bonchev–Trinajstić information content (AvgIpc) is 3.26. The van der Waals surface area contributed by atoms with Crippen LogP contribution in [0.2, 0.25) is 0 Å². The van der Waals surface area contributed by atoms with Crippen LogP contribution < -0.4 is 9.50 Å². The van der Waals surface area contributed by atoms with Gasteiger partial charge in [-0.3, -0.25) is 4.79 Å². The molecule has 7 heteroatoms. The smallest absolute Gasteiger partial charge is 0.348 e. The zero-order valence-corrected chi connectivity index (χ0v) is 14.2. The second-order valence-electron chi connectivity index (χ2n) is 5.40. The lowest BCUT2D eigenvalue weighted by molar-refractivity contribution is -0.117. The molecule has 0 spiro atoms. The maximum absolute atomic E-state index is 12.2. The lowest BCUT2D eigenvalue weighted by Crippen LogP contribution is -2.13. The van der Waals surface area contributed by atoms with Crippen LogP contribution in [0.4, 0.5) is 5.69 Å². The molecule has 1 N–H and O–H groups in total. The third kappa shape index (κ3) is 3.92. The van der Waals surface area contributed by atoms with E-state index in [9.17, 15) is 13.2 Å². The van der Waals surface area contributed by atoms with Gasteiger partial charge < -0.3 is 9.50 Å². The number of hydrogen-bond donors (Lipinski definition) is 1. The molecular formula is C16H17NO4S2. The second-order valence-corrected chi connectivity index (χ2v) is 8.34. The van der Waals surface area contributed by atoms with Crippen molar-refractivity contribution in [2.45, 2.75) is 30.4 Å². The van der Waals surface area contributed by atoms with E-state index in [4.69, 9.17) is 4.18 Å². The zero-order valence-electron chi connectivity index (χ0n) is 12.6. The van der Waals surface area contributed by atoms with Crippen molar-refractivity contribution in [1.82, 2.24) is 0 Å². The first-order valence-electron chi connectivity index (χ1n) is 7.42. The number of benzene rings is 1. The number of nitrogens with one attached hydrogen (secondary N) is 1. The standard InChI is InChI=1S/C16H17NO4S2/c1-2-14-9-10-15(22-14)23(19,20)21-13-7-5-12(6-8-13)17-16(18)11-3-4-11/h5-11H,2-4H2,1H3,(H,17,18). The van der Waals surface area contributed by atoms with Crippen LogP contribution >= 0.6 is 11.3 Å². The van der Waals surface area contributed by atoms with Gasteiger partial charge in [0.1, 0.15) is 5.75 Å². The van der Waals surface area contributed by atoms with Gasteiger partial charge >= 0.3 is 10.1 Å². The molecule has 3 rings (SSSR count). The summed E-state index contributed by atoms with van der Waals surface area (Å²) in [6.45, 7) is 1.97. The number of rotatable bonds is 6. The van der Waals surface area contributed by atoms with E-state index < -0.39 is 10.1 Å². The average molecular weight is 351 g/mol. The van der Waals surface area contributed by atoms with Crippen molar-refractivity contribution in [2.24, 2.45) is 5.92 Å². The topological polar surface area (TPSA) is 72.5 Å². The Morgan fingerprint density at radius 1 is 1.22 bits per heavy atom. The predicted molar refractivity (Wildman–Crippen MR) is 89.3 cm³/mol. The first-order valence-corrected chi connectivity index (χ1v) is 9.64. The lowest BCUT2D eigenvalue weighted by atomic mass is 10.3. The minimum Gasteiger partial charge on any atom is -0.378 e. The highest BCUT2D eigenvalue weighted by Crippen LogP contribution is 2.31. The molecule has 1 aliphatic carbocycles. The van der Waals surface area contributed by atoms with Gasteiger partial charge in [-0.05, 0) is 55.7 Å². The van der Waals surface area contributed by atoms with Crippen molar-refractivity contribution >= 4 is 33.0 Å². The summed E-state index contributed by atoms with van der Waals surface area (Å²) in [6.07, 6.45) is 2.66. The molecular weight excluding hydrogens is 334 g/mol. The summed E-state index contributed by atoms with van der Waals surface area (Å²) in [5.74, 6) is 0.357. The molecule has 0 saturated heterocycles. The SMILES string of the molecule is CCc1ccc(S(=O)(=O)Oc2ccc(NC(=O)C3CC3)cc2)s1. The molecule has 0 aliphatic heterocycles. The molecule has 1 aromatic carbocycles. The van der Waals surface area contributed by atoms with E-state index in [1.165, 1.54) is 23.5 Å². The van der Waals surface area contributed by atoms with Crippen molar-refractivity contribution < 1.29 is 17.4 Å². The van der Waals surface area contributed by atoms with Crippen LogP contribution in [-0.2, 0) is 21.3 Å². The molecule has 1 aliphatic rings. The van der Waals surface area contributed by atoms with Crippen LogP contribution in [0.25, 0.3) is 0 Å². The Balaban J connectivity index is 1.68. The molecule has 0 bridgehead atoms. The van der Waals surface area contributed by atoms with Crippen LogP contribution in [0.3, 0.4) is 0 Å². The van der Waals surface area contributed by atoms with Gasteiger partial charge in [-0.2, -0.15) is 8.42 Å². The number of aryl methyl sites for hydroxylation is 1. The highest BCUT2D eigenvalue weighted by atomic mass is 32.3. The monoisotopic (exact) mass is 351 g/mol. The van der Waals surface area contributed by atoms with Gasteiger partial charge in [0, 0.05) is 16.5 Å². The number of amides is 1. The van der Waals surface area contributed by atoms with Crippen LogP contribution in [0.5, 0.6) is 5.75 Å². The molecule has 2 aromatic rings. The maximum atomic E-state index is 12.2. The summed E-state index contributed by atoms with van der Waals surface area (Å²) in [7, 11) is -3.81. The van der Waals surface area contributed by atoms with Crippen molar-refractivity contribution in [2.75, 3.05) is 5.32 Å². The fraction of sp³-hybridized carbons (Fsp3) is 0.312. The number of hydrogen-bond acceptors (Lipinski definition) is 5. The Hall–Kier alpha value is -1.86. The molecule has 5 nitrogen and oxygen atoms in total. The zero-order chi connectivity index (χ0) is 16.4. The summed E-state index contributed by atoms with van der Waals surface area (Å²) < 4.78 is 29.7. The first-order chi connectivity index (χ1) is 11.0. The highest BCUT2D eigenvalue weighted by molar-refractivity contribution is 7.89. The third-order valence-electron chi connectivity index (χ3n) is 3.51. The normalized spacial score (nSPS) is 14.5. The largest absolute Gasteiger partial charge is 0.378 e. The number of carbonyl (C=O) groups excluding carboxylic acids is 1. The molecule has 1 amide bonds. The quantitative estimate of drug-likeness (QED) is 0.809. The maximum Gasteiger partial charge on any atom is 0.348 e. The Bertz CT molecular complexity index is 805. The van der Waals surface area contributed by atoms with Crippen molar-refractivity contribution in [3.63, 3.8) is 0 Å². The van der Waals surface area contributed by atoms with E-state index in [0.29, 0.717) is 5.69 Å². The van der Waals surface area contributed by atoms with E-state index in [2.05, 4.69) is 5.32 Å². The van der Waals surface area contributed by atoms with Crippen LogP contribution in [0.15, 0.2) is 40.6 Å². The minimum absolute atomic E-state index is 0.0111. The molecule has 1 saturated carbocycles. The van der Waals surface area contributed by atoms with Crippen LogP contribution in [0, 0.1) is 5.92 Å². The van der Waals surface area contributed by atoms with E-state index in [-0.39, 0.29) is 21.8 Å². The van der Waals surface area contributed by atoms with Crippen molar-refractivity contribution in [3.8, 4) is 5.75 Å². The van der Waals surface area contributed by atoms with Crippen LogP contribution in [0.1, 0.15) is 24.6 Å². The number of anilines is 1. The van der Waals surface area contributed by atoms with Crippen molar-refractivity contribution in [3.05, 3.63) is 41.3 Å². The summed E-state index contributed by atoms with van der Waals surface area (Å²) >= 11 is 1.21. The van der Waals surface area contributed by atoms with Gasteiger partial charge in [-0.25, -0.2) is 0 Å². The Kier molecular flexibility index (Phi) is 4.41. The second kappa shape index (κ2) is 6.33. The molecule has 0 unspecified atom stereocenters. The summed E-state index contributed by atoms with van der Waals surface area (Å²) in [6, 6.07) is 9.69. The molecule has 0 radical (unpaired) electrons. The summed E-state index contributed by atoms with van der Waals surface area (Å²) in [5, 5.41) is 2.79. The lowest BCUT2D eigenvalue weighted by Gasteiger charge is -2.07. The fourth-order valence-electron chi connectivity index (χ4n) is 2.03. The Morgan fingerprint density at radius 2 is 1.91 bits per heavy atom. The molecule has 1 aromatic heterocycles. The number of thiophene rings is 1. The molecule has 23 heavy (non-hydrogen) atoms. The van der Waals surface area contributed by atoms with Crippen LogP contribution in [-0.4, -0.2) is 14.3 Å². The van der Waals surface area contributed by atoms with Crippen molar-refractivity contribution in [1.29, 1.82) is 0 Å². The van der Waals surface area contributed by atoms with E-state index in [0.717, 1.165) is 24.1 Å². The van der Waals surface area contributed by atoms with E-state index in [1.54, 1.807) is 24.3 Å². The van der Waals surface area contributed by atoms with Gasteiger partial charge in [-0.1, -0.05) is 6.92 Å². The molecule has 0 atom stereocenters. The van der Waals surface area contributed by atoms with Gasteiger partial charge in [0.15, 0.2) is 4.21 Å². The van der Waals surface area contributed by atoms with E-state index >= 15 is 0 Å². The molecule has 1 heterocycles. The molecule has 1 fully saturated rings.